The number of ether oxygens (including phenoxy) is 5. The highest BCUT2D eigenvalue weighted by molar-refractivity contribution is 8.77. The Morgan fingerprint density at radius 2 is 2.05 bits per heavy atom. The van der Waals surface area contributed by atoms with E-state index in [1.807, 2.05) is 21.6 Å². The van der Waals surface area contributed by atoms with Crippen LogP contribution >= 0.6 is 21.6 Å². The van der Waals surface area contributed by atoms with Gasteiger partial charge < -0.3 is 23.7 Å². The summed E-state index contributed by atoms with van der Waals surface area (Å²) in [5.41, 5.74) is 0.0674. The first-order valence-electron chi connectivity index (χ1n) is 14.2. The van der Waals surface area contributed by atoms with Gasteiger partial charge in [-0.1, -0.05) is 48.8 Å². The number of epoxide rings is 3. The second-order valence-electron chi connectivity index (χ2n) is 13.0. The number of rotatable bonds is 7. The van der Waals surface area contributed by atoms with Crippen molar-refractivity contribution in [1.82, 2.24) is 0 Å². The summed E-state index contributed by atoms with van der Waals surface area (Å²) in [4.78, 5) is 25.7. The molecule has 5 aliphatic heterocycles. The highest BCUT2D eigenvalue weighted by Gasteiger charge is 3.01. The number of carbonyl (C=O) groups is 2. The molecule has 9 heteroatoms. The number of hydrogen-bond acceptors (Lipinski definition) is 9. The first-order valence-corrected chi connectivity index (χ1v) is 16.6. The van der Waals surface area contributed by atoms with Crippen LogP contribution in [0.15, 0.2) is 11.1 Å². The van der Waals surface area contributed by atoms with E-state index < -0.39 is 22.9 Å². The summed E-state index contributed by atoms with van der Waals surface area (Å²) in [5.74, 6) is 1.32. The number of fused-ring (bicyclic) bond motifs is 4. The van der Waals surface area contributed by atoms with Crippen molar-refractivity contribution >= 4 is 33.5 Å². The topological polar surface area (TPSA) is 90.2 Å². The largest absolute Gasteiger partial charge is 0.458 e. The number of esters is 2. The molecule has 2 saturated carbocycles. The Balaban J connectivity index is 1.07. The molecule has 2 spiro atoms. The number of hydrogen-bond donors (Lipinski definition) is 0. The normalized spacial score (nSPS) is 51.8. The molecule has 10 atom stereocenters. The standard InChI is InChI=1S/C28H36O7S2/c1-14(2)26-21(34-26)22-28(35-22)25(3)10-8-16-17(13-31-23(16)30)18(25)12-19-27(28,33-19)24(26)32-20(29)7-5-4-6-15-9-11-36-37-15/h14-15,18-19,21-22,24H,4-13H2,1-3H3. The van der Waals surface area contributed by atoms with Crippen LogP contribution in [0, 0.1) is 17.3 Å². The number of cyclic esters (lactones) is 1. The van der Waals surface area contributed by atoms with Gasteiger partial charge in [-0.3, -0.25) is 4.79 Å². The lowest BCUT2D eigenvalue weighted by atomic mass is 9.46. The van der Waals surface area contributed by atoms with E-state index in [4.69, 9.17) is 23.7 Å². The van der Waals surface area contributed by atoms with Crippen LogP contribution in [-0.2, 0) is 33.3 Å². The fraction of sp³-hybridized carbons (Fsp3) is 0.857. The quantitative estimate of drug-likeness (QED) is 0.199. The van der Waals surface area contributed by atoms with E-state index in [1.54, 1.807) is 0 Å². The third-order valence-electron chi connectivity index (χ3n) is 11.2. The molecule has 7 nitrogen and oxygen atoms in total. The third kappa shape index (κ3) is 2.84. The monoisotopic (exact) mass is 548 g/mol. The maximum atomic E-state index is 13.3. The van der Waals surface area contributed by atoms with E-state index in [0.717, 1.165) is 42.1 Å². The van der Waals surface area contributed by atoms with E-state index in [-0.39, 0.29) is 47.5 Å². The lowest BCUT2D eigenvalue weighted by Gasteiger charge is -2.53. The summed E-state index contributed by atoms with van der Waals surface area (Å²) in [6, 6.07) is 0. The van der Waals surface area contributed by atoms with Gasteiger partial charge in [0.05, 0.1) is 6.10 Å². The Labute approximate surface area is 225 Å². The smallest absolute Gasteiger partial charge is 0.334 e. The van der Waals surface area contributed by atoms with Crippen molar-refractivity contribution in [2.45, 2.75) is 119 Å². The summed E-state index contributed by atoms with van der Waals surface area (Å²) in [7, 11) is 3.96. The molecule has 0 aromatic heterocycles. The molecule has 6 fully saturated rings. The van der Waals surface area contributed by atoms with Gasteiger partial charge in [-0.25, -0.2) is 4.79 Å². The fourth-order valence-corrected chi connectivity index (χ4v) is 12.3. The first kappa shape index (κ1) is 24.1. The predicted molar refractivity (Wildman–Crippen MR) is 138 cm³/mol. The van der Waals surface area contributed by atoms with E-state index >= 15 is 0 Å². The van der Waals surface area contributed by atoms with Crippen LogP contribution in [0.4, 0.5) is 0 Å². The zero-order chi connectivity index (χ0) is 25.4. The van der Waals surface area contributed by atoms with Gasteiger partial charge in [0.2, 0.25) is 0 Å². The van der Waals surface area contributed by atoms with Crippen molar-refractivity contribution in [1.29, 1.82) is 0 Å². The Kier molecular flexibility index (Phi) is 5.02. The molecule has 4 saturated heterocycles. The van der Waals surface area contributed by atoms with Gasteiger partial charge in [-0.15, -0.1) is 0 Å². The van der Waals surface area contributed by atoms with Gasteiger partial charge in [-0.05, 0) is 55.9 Å². The molecule has 10 unspecified atom stereocenters. The average molecular weight is 549 g/mol. The van der Waals surface area contributed by atoms with Gasteiger partial charge in [0.25, 0.3) is 0 Å². The zero-order valence-corrected chi connectivity index (χ0v) is 23.4. The van der Waals surface area contributed by atoms with Crippen LogP contribution < -0.4 is 0 Å². The van der Waals surface area contributed by atoms with Crippen LogP contribution in [0.25, 0.3) is 0 Å². The predicted octanol–water partition coefficient (Wildman–Crippen LogP) is 4.37. The van der Waals surface area contributed by atoms with Crippen molar-refractivity contribution in [3.05, 3.63) is 11.1 Å². The second-order valence-corrected chi connectivity index (χ2v) is 15.7. The van der Waals surface area contributed by atoms with Crippen molar-refractivity contribution < 1.29 is 33.3 Å². The summed E-state index contributed by atoms with van der Waals surface area (Å²) in [5, 5.41) is 0.732. The lowest BCUT2D eigenvalue weighted by Crippen LogP contribution is -2.70. The molecule has 202 valence electrons. The third-order valence-corrected chi connectivity index (χ3v) is 14.2. The maximum absolute atomic E-state index is 13.3. The highest BCUT2D eigenvalue weighted by atomic mass is 33.1. The van der Waals surface area contributed by atoms with Crippen molar-refractivity contribution in [3.63, 3.8) is 0 Å². The first-order chi connectivity index (χ1) is 17.8. The van der Waals surface area contributed by atoms with Crippen LogP contribution in [0.1, 0.15) is 72.1 Å². The second kappa shape index (κ2) is 7.71. The van der Waals surface area contributed by atoms with E-state index in [2.05, 4.69) is 20.8 Å². The van der Waals surface area contributed by atoms with E-state index in [1.165, 1.54) is 18.6 Å². The Morgan fingerprint density at radius 1 is 1.19 bits per heavy atom. The molecule has 0 aromatic rings. The molecule has 8 aliphatic rings. The van der Waals surface area contributed by atoms with Crippen LogP contribution in [0.3, 0.4) is 0 Å². The molecule has 0 amide bonds. The minimum Gasteiger partial charge on any atom is -0.458 e. The summed E-state index contributed by atoms with van der Waals surface area (Å²) in [6.45, 7) is 7.02. The zero-order valence-electron chi connectivity index (χ0n) is 21.8. The van der Waals surface area contributed by atoms with Crippen LogP contribution in [0.2, 0.25) is 0 Å². The molecule has 8 rings (SSSR count). The van der Waals surface area contributed by atoms with E-state index in [0.29, 0.717) is 19.4 Å². The van der Waals surface area contributed by atoms with Crippen molar-refractivity contribution in [3.8, 4) is 0 Å². The minimum absolute atomic E-state index is 0.0513. The molecule has 0 radical (unpaired) electrons. The molecule has 3 aliphatic carbocycles. The fourth-order valence-electron chi connectivity index (χ4n) is 9.24. The molecular weight excluding hydrogens is 512 g/mol. The molecular formula is C28H36O7S2. The lowest BCUT2D eigenvalue weighted by molar-refractivity contribution is -0.169. The minimum atomic E-state index is -0.658. The SMILES string of the molecule is CC(C)C12OC1C1OC13C1(C)CCC4=C(COC4=O)C1CC1OC13C2OC(=O)CCCCC1CCSS1. The highest BCUT2D eigenvalue weighted by Crippen LogP contribution is 2.83. The Bertz CT molecular complexity index is 1100. The van der Waals surface area contributed by atoms with Gasteiger partial charge in [0.15, 0.2) is 11.7 Å². The van der Waals surface area contributed by atoms with Gasteiger partial charge in [0.1, 0.15) is 30.0 Å². The summed E-state index contributed by atoms with van der Waals surface area (Å²) < 4.78 is 31.9. The van der Waals surface area contributed by atoms with Gasteiger partial charge in [0, 0.05) is 28.4 Å². The number of carbonyl (C=O) groups excluding carboxylic acids is 2. The Morgan fingerprint density at radius 3 is 2.84 bits per heavy atom. The number of unbranched alkanes of at least 4 members (excludes halogenated alkanes) is 1. The molecule has 37 heavy (non-hydrogen) atoms. The summed E-state index contributed by atoms with van der Waals surface area (Å²) in [6.07, 6.45) is 6.53. The molecule has 5 heterocycles. The van der Waals surface area contributed by atoms with Gasteiger partial charge in [-0.2, -0.15) is 0 Å². The molecule has 0 bridgehead atoms. The molecule has 0 aromatic carbocycles. The summed E-state index contributed by atoms with van der Waals surface area (Å²) >= 11 is 0. The average Bonchev–Trinajstić information content (AvgIpc) is 3.80. The molecule has 0 N–H and O–H groups in total. The van der Waals surface area contributed by atoms with E-state index in [9.17, 15) is 9.59 Å². The van der Waals surface area contributed by atoms with Crippen molar-refractivity contribution in [2.24, 2.45) is 17.3 Å². The maximum Gasteiger partial charge on any atom is 0.334 e. The van der Waals surface area contributed by atoms with Crippen LogP contribution in [0.5, 0.6) is 0 Å². The van der Waals surface area contributed by atoms with Gasteiger partial charge >= 0.3 is 11.9 Å². The van der Waals surface area contributed by atoms with Crippen molar-refractivity contribution in [2.75, 3.05) is 12.4 Å². The van der Waals surface area contributed by atoms with Crippen LogP contribution in [-0.4, -0.2) is 70.8 Å². The Hall–Kier alpha value is -0.740.